The number of methoxy groups -OCH3 is 1. The highest BCUT2D eigenvalue weighted by atomic mass is 19.4. The van der Waals surface area contributed by atoms with E-state index in [9.17, 15) is 18.0 Å². The van der Waals surface area contributed by atoms with Gasteiger partial charge in [-0.1, -0.05) is 0 Å². The first kappa shape index (κ1) is 21.2. The van der Waals surface area contributed by atoms with Gasteiger partial charge in [-0.25, -0.2) is 4.68 Å². The average molecular weight is 425 g/mol. The number of benzene rings is 1. The lowest BCUT2D eigenvalue weighted by Crippen LogP contribution is -2.18. The summed E-state index contributed by atoms with van der Waals surface area (Å²) in [5.41, 5.74) is 0.281. The SMILES string of the molecule is COc1ccc(OCc2ccc(C(=O)Nc3cnn(COCC(F)(F)F)c3)o2)cc1. The summed E-state index contributed by atoms with van der Waals surface area (Å²) in [6, 6.07) is 10.1. The van der Waals surface area contributed by atoms with Crippen molar-refractivity contribution in [3.05, 3.63) is 60.3 Å². The molecular weight excluding hydrogens is 407 g/mol. The third-order valence-electron chi connectivity index (χ3n) is 3.71. The van der Waals surface area contributed by atoms with Crippen molar-refractivity contribution in [2.45, 2.75) is 19.5 Å². The van der Waals surface area contributed by atoms with Crippen LogP contribution in [0.4, 0.5) is 18.9 Å². The van der Waals surface area contributed by atoms with Crippen LogP contribution in [0.5, 0.6) is 11.5 Å². The second kappa shape index (κ2) is 9.35. The topological polar surface area (TPSA) is 87.8 Å². The Labute approximate surface area is 169 Å². The smallest absolute Gasteiger partial charge is 0.411 e. The van der Waals surface area contributed by atoms with Crippen molar-refractivity contribution in [3.8, 4) is 11.5 Å². The summed E-state index contributed by atoms with van der Waals surface area (Å²) in [5, 5.41) is 6.35. The lowest BCUT2D eigenvalue weighted by atomic mass is 10.3. The van der Waals surface area contributed by atoms with Crippen molar-refractivity contribution in [3.63, 3.8) is 0 Å². The monoisotopic (exact) mass is 425 g/mol. The first-order valence-corrected chi connectivity index (χ1v) is 8.66. The largest absolute Gasteiger partial charge is 0.497 e. The predicted octanol–water partition coefficient (Wildman–Crippen LogP) is 3.85. The number of anilines is 1. The van der Waals surface area contributed by atoms with Crippen LogP contribution in [0, 0.1) is 0 Å². The summed E-state index contributed by atoms with van der Waals surface area (Å²) in [5.74, 6) is 1.26. The van der Waals surface area contributed by atoms with Crippen LogP contribution in [-0.4, -0.2) is 35.6 Å². The number of hydrogen-bond donors (Lipinski definition) is 1. The molecular formula is C19H18F3N3O5. The van der Waals surface area contributed by atoms with Crippen LogP contribution in [0.25, 0.3) is 0 Å². The van der Waals surface area contributed by atoms with Gasteiger partial charge >= 0.3 is 6.18 Å². The Kier molecular flexibility index (Phi) is 6.62. The van der Waals surface area contributed by atoms with Crippen LogP contribution < -0.4 is 14.8 Å². The summed E-state index contributed by atoms with van der Waals surface area (Å²) < 4.78 is 57.9. The first-order chi connectivity index (χ1) is 14.3. The Hall–Kier alpha value is -3.47. The van der Waals surface area contributed by atoms with E-state index >= 15 is 0 Å². The van der Waals surface area contributed by atoms with Crippen molar-refractivity contribution in [1.82, 2.24) is 9.78 Å². The number of furan rings is 1. The fourth-order valence-electron chi connectivity index (χ4n) is 2.35. The maximum atomic E-state index is 12.3. The highest BCUT2D eigenvalue weighted by Gasteiger charge is 2.27. The standard InChI is InChI=1S/C19H18F3N3O5/c1-27-14-2-4-15(5-3-14)29-10-16-6-7-17(30-16)18(26)24-13-8-23-25(9-13)12-28-11-19(20,21)22/h2-9H,10-12H2,1H3,(H,24,26). The normalized spacial score (nSPS) is 11.3. The molecule has 11 heteroatoms. The van der Waals surface area contributed by atoms with Gasteiger partial charge in [0.2, 0.25) is 0 Å². The second-order valence-electron chi connectivity index (χ2n) is 6.05. The molecule has 3 rings (SSSR count). The number of rotatable bonds is 9. The highest BCUT2D eigenvalue weighted by molar-refractivity contribution is 6.02. The van der Waals surface area contributed by atoms with Crippen LogP contribution in [0.2, 0.25) is 0 Å². The van der Waals surface area contributed by atoms with Crippen LogP contribution in [0.1, 0.15) is 16.3 Å². The van der Waals surface area contributed by atoms with Crippen LogP contribution in [0.15, 0.2) is 53.2 Å². The zero-order valence-corrected chi connectivity index (χ0v) is 15.8. The number of amides is 1. The molecule has 3 aromatic rings. The summed E-state index contributed by atoms with van der Waals surface area (Å²) >= 11 is 0. The fraction of sp³-hybridized carbons (Fsp3) is 0.263. The number of carbonyl (C=O) groups is 1. The third kappa shape index (κ3) is 6.27. The van der Waals surface area contributed by atoms with E-state index in [1.165, 1.54) is 18.5 Å². The molecule has 0 aliphatic heterocycles. The van der Waals surface area contributed by atoms with Crippen molar-refractivity contribution in [2.24, 2.45) is 0 Å². The summed E-state index contributed by atoms with van der Waals surface area (Å²) in [6.45, 7) is -1.67. The number of nitrogens with zero attached hydrogens (tertiary/aromatic N) is 2. The molecule has 1 N–H and O–H groups in total. The van der Waals surface area contributed by atoms with Gasteiger partial charge in [0.1, 0.15) is 37.2 Å². The van der Waals surface area contributed by atoms with E-state index in [-0.39, 0.29) is 18.1 Å². The van der Waals surface area contributed by atoms with E-state index in [0.717, 1.165) is 4.68 Å². The van der Waals surface area contributed by atoms with Gasteiger partial charge in [-0.05, 0) is 36.4 Å². The molecule has 30 heavy (non-hydrogen) atoms. The molecule has 0 atom stereocenters. The molecule has 1 aromatic carbocycles. The van der Waals surface area contributed by atoms with Crippen molar-refractivity contribution in [1.29, 1.82) is 0 Å². The fourth-order valence-corrected chi connectivity index (χ4v) is 2.35. The second-order valence-corrected chi connectivity index (χ2v) is 6.05. The van der Waals surface area contributed by atoms with E-state index < -0.39 is 25.4 Å². The Morgan fingerprint density at radius 2 is 1.90 bits per heavy atom. The minimum absolute atomic E-state index is 0.0457. The van der Waals surface area contributed by atoms with Gasteiger partial charge in [0.25, 0.3) is 5.91 Å². The number of hydrogen-bond acceptors (Lipinski definition) is 6. The summed E-state index contributed by atoms with van der Waals surface area (Å²) in [4.78, 5) is 12.3. The van der Waals surface area contributed by atoms with Gasteiger partial charge in [0.05, 0.1) is 25.2 Å². The predicted molar refractivity (Wildman–Crippen MR) is 98.2 cm³/mol. The van der Waals surface area contributed by atoms with Gasteiger partial charge in [-0.15, -0.1) is 0 Å². The van der Waals surface area contributed by atoms with E-state index in [2.05, 4.69) is 15.2 Å². The van der Waals surface area contributed by atoms with Gasteiger partial charge in [0.15, 0.2) is 5.76 Å². The highest BCUT2D eigenvalue weighted by Crippen LogP contribution is 2.19. The molecule has 0 bridgehead atoms. The van der Waals surface area contributed by atoms with E-state index in [1.807, 2.05) is 0 Å². The van der Waals surface area contributed by atoms with Gasteiger partial charge in [0, 0.05) is 0 Å². The summed E-state index contributed by atoms with van der Waals surface area (Å²) in [6.07, 6.45) is -1.80. The minimum Gasteiger partial charge on any atom is -0.497 e. The van der Waals surface area contributed by atoms with E-state index in [1.54, 1.807) is 37.4 Å². The molecule has 2 heterocycles. The molecule has 0 unspecified atom stereocenters. The molecule has 0 radical (unpaired) electrons. The van der Waals surface area contributed by atoms with E-state index in [0.29, 0.717) is 17.3 Å². The lowest BCUT2D eigenvalue weighted by Gasteiger charge is -2.07. The minimum atomic E-state index is -4.42. The van der Waals surface area contributed by atoms with Gasteiger partial charge < -0.3 is 23.9 Å². The number of alkyl halides is 3. The van der Waals surface area contributed by atoms with Gasteiger partial charge in [-0.3, -0.25) is 4.79 Å². The van der Waals surface area contributed by atoms with Crippen molar-refractivity contribution in [2.75, 3.05) is 19.0 Å². The maximum absolute atomic E-state index is 12.3. The Balaban J connectivity index is 1.48. The molecule has 1 amide bonds. The maximum Gasteiger partial charge on any atom is 0.411 e. The number of ether oxygens (including phenoxy) is 3. The molecule has 0 fully saturated rings. The quantitative estimate of drug-likeness (QED) is 0.560. The van der Waals surface area contributed by atoms with Crippen LogP contribution in [0.3, 0.4) is 0 Å². The molecule has 0 saturated heterocycles. The number of carbonyl (C=O) groups excluding carboxylic acids is 1. The van der Waals surface area contributed by atoms with Crippen LogP contribution in [-0.2, 0) is 18.1 Å². The van der Waals surface area contributed by atoms with Gasteiger partial charge in [-0.2, -0.15) is 18.3 Å². The summed E-state index contributed by atoms with van der Waals surface area (Å²) in [7, 11) is 1.57. The zero-order valence-electron chi connectivity index (χ0n) is 15.8. The Bertz CT molecular complexity index is 966. The molecule has 0 aliphatic carbocycles. The molecule has 0 aliphatic rings. The first-order valence-electron chi connectivity index (χ1n) is 8.66. The number of aromatic nitrogens is 2. The molecule has 160 valence electrons. The molecule has 2 aromatic heterocycles. The Morgan fingerprint density at radius 3 is 2.60 bits per heavy atom. The lowest BCUT2D eigenvalue weighted by molar-refractivity contribution is -0.182. The third-order valence-corrected chi connectivity index (χ3v) is 3.71. The van der Waals surface area contributed by atoms with Crippen molar-refractivity contribution >= 4 is 11.6 Å². The number of nitrogens with one attached hydrogen (secondary N) is 1. The van der Waals surface area contributed by atoms with E-state index in [4.69, 9.17) is 13.9 Å². The average Bonchev–Trinajstić information content (AvgIpc) is 3.35. The molecule has 8 nitrogen and oxygen atoms in total. The zero-order chi connectivity index (χ0) is 21.6. The Morgan fingerprint density at radius 1 is 1.17 bits per heavy atom. The number of halogens is 3. The van der Waals surface area contributed by atoms with Crippen molar-refractivity contribution < 1.29 is 36.6 Å². The molecule has 0 saturated carbocycles. The van der Waals surface area contributed by atoms with Crippen LogP contribution >= 0.6 is 0 Å². The molecule has 0 spiro atoms.